The summed E-state index contributed by atoms with van der Waals surface area (Å²) in [5, 5.41) is 0. The molecule has 2 aromatic rings. The highest BCUT2D eigenvalue weighted by Crippen LogP contribution is 2.13. The van der Waals surface area contributed by atoms with E-state index in [9.17, 15) is 4.79 Å². The summed E-state index contributed by atoms with van der Waals surface area (Å²) in [6.45, 7) is 0.505. The topological polar surface area (TPSA) is 57.9 Å². The Morgan fingerprint density at radius 1 is 1.38 bits per heavy atom. The lowest BCUT2D eigenvalue weighted by atomic mass is 10.2. The number of ether oxygens (including phenoxy) is 1. The van der Waals surface area contributed by atoms with Crippen molar-refractivity contribution in [1.82, 2.24) is 9.97 Å². The molecule has 2 N–H and O–H groups in total. The molecule has 1 heterocycles. The minimum Gasteiger partial charge on any atom is -0.380 e. The summed E-state index contributed by atoms with van der Waals surface area (Å²) in [5.41, 5.74) is 2.45. The van der Waals surface area contributed by atoms with Gasteiger partial charge in [-0.1, -0.05) is 12.1 Å². The van der Waals surface area contributed by atoms with Gasteiger partial charge in [0.25, 0.3) is 0 Å². The van der Waals surface area contributed by atoms with E-state index in [0.717, 1.165) is 16.6 Å². The van der Waals surface area contributed by atoms with Crippen LogP contribution in [-0.4, -0.2) is 17.1 Å². The van der Waals surface area contributed by atoms with E-state index in [1.807, 2.05) is 18.2 Å². The van der Waals surface area contributed by atoms with Gasteiger partial charge in [0.15, 0.2) is 0 Å². The molecular weight excluding hydrogens is 168 g/mol. The van der Waals surface area contributed by atoms with Crippen LogP contribution < -0.4 is 5.69 Å². The number of aromatic amines is 2. The van der Waals surface area contributed by atoms with Crippen LogP contribution in [0.1, 0.15) is 5.56 Å². The fraction of sp³-hybridized carbons (Fsp3) is 0.222. The van der Waals surface area contributed by atoms with Crippen LogP contribution in [0.2, 0.25) is 0 Å². The van der Waals surface area contributed by atoms with Crippen molar-refractivity contribution in [3.63, 3.8) is 0 Å². The SMILES string of the molecule is COCc1cccc2[nH]c(=O)[nH]c12. The number of benzene rings is 1. The molecule has 13 heavy (non-hydrogen) atoms. The predicted octanol–water partition coefficient (Wildman–Crippen LogP) is 1.00. The number of hydrogen-bond donors (Lipinski definition) is 2. The molecule has 0 aliphatic carbocycles. The first-order valence-electron chi connectivity index (χ1n) is 4.00. The molecule has 0 aliphatic heterocycles. The molecule has 0 radical (unpaired) electrons. The van der Waals surface area contributed by atoms with Gasteiger partial charge in [0.2, 0.25) is 0 Å². The van der Waals surface area contributed by atoms with Crippen molar-refractivity contribution in [3.05, 3.63) is 34.2 Å². The van der Waals surface area contributed by atoms with Gasteiger partial charge in [0.05, 0.1) is 17.6 Å². The van der Waals surface area contributed by atoms with E-state index in [0.29, 0.717) is 6.61 Å². The average Bonchev–Trinajstić information content (AvgIpc) is 2.47. The van der Waals surface area contributed by atoms with E-state index in [1.165, 1.54) is 0 Å². The number of rotatable bonds is 2. The Hall–Kier alpha value is -1.55. The molecule has 0 bridgehead atoms. The van der Waals surface area contributed by atoms with Crippen molar-refractivity contribution in [3.8, 4) is 0 Å². The second-order valence-corrected chi connectivity index (χ2v) is 2.85. The van der Waals surface area contributed by atoms with Crippen molar-refractivity contribution in [1.29, 1.82) is 0 Å². The first-order valence-corrected chi connectivity index (χ1v) is 4.00. The lowest BCUT2D eigenvalue weighted by Gasteiger charge is -1.99. The van der Waals surface area contributed by atoms with Crippen LogP contribution in [0.25, 0.3) is 11.0 Å². The molecule has 0 saturated heterocycles. The maximum absolute atomic E-state index is 11.0. The maximum Gasteiger partial charge on any atom is 0.323 e. The number of imidazole rings is 1. The summed E-state index contributed by atoms with van der Waals surface area (Å²) in [6, 6.07) is 5.67. The number of aromatic nitrogens is 2. The molecule has 4 heteroatoms. The molecule has 0 saturated carbocycles. The minimum absolute atomic E-state index is 0.182. The zero-order valence-electron chi connectivity index (χ0n) is 7.26. The maximum atomic E-state index is 11.0. The lowest BCUT2D eigenvalue weighted by molar-refractivity contribution is 0.186. The van der Waals surface area contributed by atoms with Crippen LogP contribution in [0.5, 0.6) is 0 Å². The molecule has 0 spiro atoms. The summed E-state index contributed by atoms with van der Waals surface area (Å²) in [7, 11) is 1.63. The average molecular weight is 178 g/mol. The summed E-state index contributed by atoms with van der Waals surface area (Å²) in [5.74, 6) is 0. The number of fused-ring (bicyclic) bond motifs is 1. The van der Waals surface area contributed by atoms with Crippen molar-refractivity contribution < 1.29 is 4.74 Å². The number of nitrogens with one attached hydrogen (secondary N) is 2. The molecule has 0 fully saturated rings. The second-order valence-electron chi connectivity index (χ2n) is 2.85. The van der Waals surface area contributed by atoms with Gasteiger partial charge in [-0.25, -0.2) is 4.79 Å². The van der Waals surface area contributed by atoms with Gasteiger partial charge < -0.3 is 14.7 Å². The van der Waals surface area contributed by atoms with Crippen molar-refractivity contribution >= 4 is 11.0 Å². The molecular formula is C9H10N2O2. The smallest absolute Gasteiger partial charge is 0.323 e. The van der Waals surface area contributed by atoms with Crippen LogP contribution in [0.3, 0.4) is 0 Å². The summed E-state index contributed by atoms with van der Waals surface area (Å²) >= 11 is 0. The second kappa shape index (κ2) is 3.06. The lowest BCUT2D eigenvalue weighted by Crippen LogP contribution is -1.99. The molecule has 4 nitrogen and oxygen atoms in total. The molecule has 0 aliphatic rings. The normalized spacial score (nSPS) is 10.8. The van der Waals surface area contributed by atoms with Gasteiger partial charge in [-0.05, 0) is 6.07 Å². The Balaban J connectivity index is 2.67. The van der Waals surface area contributed by atoms with E-state index in [-0.39, 0.29) is 5.69 Å². The van der Waals surface area contributed by atoms with Gasteiger partial charge in [0.1, 0.15) is 0 Å². The third-order valence-corrected chi connectivity index (χ3v) is 1.94. The fourth-order valence-electron chi connectivity index (χ4n) is 1.39. The summed E-state index contributed by atoms with van der Waals surface area (Å²) in [6.07, 6.45) is 0. The van der Waals surface area contributed by atoms with Crippen LogP contribution in [0, 0.1) is 0 Å². The molecule has 68 valence electrons. The van der Waals surface area contributed by atoms with E-state index in [2.05, 4.69) is 9.97 Å². The monoisotopic (exact) mass is 178 g/mol. The zero-order chi connectivity index (χ0) is 9.26. The van der Waals surface area contributed by atoms with Crippen molar-refractivity contribution in [2.24, 2.45) is 0 Å². The summed E-state index contributed by atoms with van der Waals surface area (Å²) in [4.78, 5) is 16.4. The quantitative estimate of drug-likeness (QED) is 0.720. The highest BCUT2D eigenvalue weighted by molar-refractivity contribution is 5.77. The van der Waals surface area contributed by atoms with E-state index in [4.69, 9.17) is 4.74 Å². The van der Waals surface area contributed by atoms with Crippen molar-refractivity contribution in [2.75, 3.05) is 7.11 Å². The molecule has 2 rings (SSSR count). The fourth-order valence-corrected chi connectivity index (χ4v) is 1.39. The van der Waals surface area contributed by atoms with Crippen LogP contribution in [0.4, 0.5) is 0 Å². The largest absolute Gasteiger partial charge is 0.380 e. The summed E-state index contributed by atoms with van der Waals surface area (Å²) < 4.78 is 5.01. The van der Waals surface area contributed by atoms with E-state index >= 15 is 0 Å². The standard InChI is InChI=1S/C9H10N2O2/c1-13-5-6-3-2-4-7-8(6)11-9(12)10-7/h2-4H,5H2,1H3,(H2,10,11,12). The third-order valence-electron chi connectivity index (χ3n) is 1.94. The number of H-pyrrole nitrogens is 2. The van der Waals surface area contributed by atoms with E-state index < -0.39 is 0 Å². The highest BCUT2D eigenvalue weighted by Gasteiger charge is 2.02. The van der Waals surface area contributed by atoms with Gasteiger partial charge >= 0.3 is 5.69 Å². The highest BCUT2D eigenvalue weighted by atomic mass is 16.5. The first-order chi connectivity index (χ1) is 6.31. The Kier molecular flexibility index (Phi) is 1.90. The third kappa shape index (κ3) is 1.36. The first kappa shape index (κ1) is 8.07. The molecule has 1 aromatic heterocycles. The number of methoxy groups -OCH3 is 1. The Morgan fingerprint density at radius 2 is 2.23 bits per heavy atom. The molecule has 0 atom stereocenters. The molecule has 0 amide bonds. The molecule has 1 aromatic carbocycles. The minimum atomic E-state index is -0.182. The number of hydrogen-bond acceptors (Lipinski definition) is 2. The Morgan fingerprint density at radius 3 is 3.00 bits per heavy atom. The van der Waals surface area contributed by atoms with Gasteiger partial charge in [0, 0.05) is 12.7 Å². The van der Waals surface area contributed by atoms with Crippen LogP contribution in [0.15, 0.2) is 23.0 Å². The van der Waals surface area contributed by atoms with Gasteiger partial charge in [-0.15, -0.1) is 0 Å². The van der Waals surface area contributed by atoms with Gasteiger partial charge in [-0.3, -0.25) is 0 Å². The number of para-hydroxylation sites is 1. The van der Waals surface area contributed by atoms with Crippen LogP contribution >= 0.6 is 0 Å². The Bertz CT molecular complexity index is 470. The van der Waals surface area contributed by atoms with Crippen LogP contribution in [-0.2, 0) is 11.3 Å². The van der Waals surface area contributed by atoms with Crippen molar-refractivity contribution in [2.45, 2.75) is 6.61 Å². The predicted molar refractivity (Wildman–Crippen MR) is 49.6 cm³/mol. The molecule has 0 unspecified atom stereocenters. The van der Waals surface area contributed by atoms with E-state index in [1.54, 1.807) is 7.11 Å². The Labute approximate surface area is 74.5 Å². The van der Waals surface area contributed by atoms with Gasteiger partial charge in [-0.2, -0.15) is 0 Å². The zero-order valence-corrected chi connectivity index (χ0v) is 7.26.